The third kappa shape index (κ3) is 5.25. The van der Waals surface area contributed by atoms with Crippen molar-refractivity contribution in [3.63, 3.8) is 0 Å². The predicted molar refractivity (Wildman–Crippen MR) is 120 cm³/mol. The number of benzene rings is 2. The Balaban J connectivity index is 1.37. The lowest BCUT2D eigenvalue weighted by Crippen LogP contribution is -2.29. The lowest BCUT2D eigenvalue weighted by atomic mass is 10.2. The molecule has 148 valence electrons. The van der Waals surface area contributed by atoms with Gasteiger partial charge in [-0.05, 0) is 42.7 Å². The smallest absolute Gasteiger partial charge is 0.248 e. The average molecular weight is 424 g/mol. The maximum atomic E-state index is 12.2. The number of thiazole rings is 1. The Hall–Kier alpha value is -2.64. The molecule has 2 amide bonds. The van der Waals surface area contributed by atoms with Crippen LogP contribution in [-0.2, 0) is 9.59 Å². The van der Waals surface area contributed by atoms with E-state index in [0.29, 0.717) is 5.75 Å². The molecule has 1 saturated heterocycles. The molecule has 0 spiro atoms. The highest BCUT2D eigenvalue weighted by molar-refractivity contribution is 8.01. The van der Waals surface area contributed by atoms with Crippen molar-refractivity contribution in [3.05, 3.63) is 60.2 Å². The Morgan fingerprint density at radius 2 is 1.93 bits per heavy atom. The number of carbonyl (C=O) groups excluding carboxylic acids is 2. The first kappa shape index (κ1) is 19.7. The van der Waals surface area contributed by atoms with Gasteiger partial charge in [0.05, 0.1) is 16.0 Å². The van der Waals surface area contributed by atoms with Gasteiger partial charge in [-0.15, -0.1) is 11.3 Å². The second-order valence-corrected chi connectivity index (χ2v) is 9.03. The van der Waals surface area contributed by atoms with E-state index in [0.717, 1.165) is 51.7 Å². The minimum absolute atomic E-state index is 0.177. The summed E-state index contributed by atoms with van der Waals surface area (Å²) in [6.07, 6.45) is 5.52. The van der Waals surface area contributed by atoms with Crippen molar-refractivity contribution < 1.29 is 9.59 Å². The van der Waals surface area contributed by atoms with Gasteiger partial charge in [-0.3, -0.25) is 9.59 Å². The molecule has 3 aromatic rings. The lowest BCUT2D eigenvalue weighted by molar-refractivity contribution is -0.127. The van der Waals surface area contributed by atoms with E-state index in [2.05, 4.69) is 10.3 Å². The Bertz CT molecular complexity index is 1040. The largest absolute Gasteiger partial charge is 0.342 e. The second-order valence-electron chi connectivity index (χ2n) is 6.77. The topological polar surface area (TPSA) is 62.3 Å². The normalized spacial score (nSPS) is 14.0. The molecule has 0 unspecified atom stereocenters. The summed E-state index contributed by atoms with van der Waals surface area (Å²) in [7, 11) is 0. The molecule has 29 heavy (non-hydrogen) atoms. The maximum absolute atomic E-state index is 12.2. The van der Waals surface area contributed by atoms with Gasteiger partial charge < -0.3 is 10.2 Å². The van der Waals surface area contributed by atoms with Gasteiger partial charge in [0.1, 0.15) is 0 Å². The van der Waals surface area contributed by atoms with Crippen LogP contribution in [0.2, 0.25) is 0 Å². The molecule has 2 heterocycles. The van der Waals surface area contributed by atoms with Gasteiger partial charge in [0, 0.05) is 24.9 Å². The van der Waals surface area contributed by atoms with Gasteiger partial charge in [0.15, 0.2) is 4.34 Å². The zero-order chi connectivity index (χ0) is 20.1. The molecule has 1 aliphatic rings. The van der Waals surface area contributed by atoms with E-state index in [4.69, 9.17) is 0 Å². The number of rotatable bonds is 6. The van der Waals surface area contributed by atoms with Crippen LogP contribution >= 0.6 is 23.1 Å². The summed E-state index contributed by atoms with van der Waals surface area (Å²) in [5, 5.41) is 2.89. The summed E-state index contributed by atoms with van der Waals surface area (Å²) in [4.78, 5) is 30.9. The van der Waals surface area contributed by atoms with Crippen molar-refractivity contribution in [2.75, 3.05) is 24.2 Å². The highest BCUT2D eigenvalue weighted by atomic mass is 32.2. The van der Waals surface area contributed by atoms with E-state index in [1.165, 1.54) is 17.8 Å². The number of nitrogens with one attached hydrogen (secondary N) is 1. The Morgan fingerprint density at radius 3 is 2.72 bits per heavy atom. The standard InChI is InChI=1S/C22H21N3O2S2/c26-20(11-8-16-6-2-1-3-7-16)23-17-9-10-18-19(14-17)29-22(24-18)28-15-21(27)25-12-4-5-13-25/h1-3,6-11,14H,4-5,12-13,15H2,(H,23,26)/b11-8+. The van der Waals surface area contributed by atoms with Crippen LogP contribution in [0.25, 0.3) is 16.3 Å². The van der Waals surface area contributed by atoms with E-state index in [-0.39, 0.29) is 11.8 Å². The summed E-state index contributed by atoms with van der Waals surface area (Å²) in [5.74, 6) is 0.432. The molecule has 0 radical (unpaired) electrons. The number of likely N-dealkylation sites (tertiary alicyclic amines) is 1. The fraction of sp³-hybridized carbons (Fsp3) is 0.227. The summed E-state index contributed by atoms with van der Waals surface area (Å²) in [6, 6.07) is 15.4. The zero-order valence-electron chi connectivity index (χ0n) is 15.8. The van der Waals surface area contributed by atoms with Crippen LogP contribution < -0.4 is 5.32 Å². The molecule has 1 aromatic heterocycles. The zero-order valence-corrected chi connectivity index (χ0v) is 17.5. The third-order valence-electron chi connectivity index (χ3n) is 4.64. The fourth-order valence-electron chi connectivity index (χ4n) is 3.14. The van der Waals surface area contributed by atoms with Crippen LogP contribution in [0, 0.1) is 0 Å². The van der Waals surface area contributed by atoms with E-state index in [9.17, 15) is 9.59 Å². The number of nitrogens with zero attached hydrogens (tertiary/aromatic N) is 2. The molecule has 7 heteroatoms. The molecule has 1 fully saturated rings. The first-order valence-electron chi connectivity index (χ1n) is 9.53. The van der Waals surface area contributed by atoms with Gasteiger partial charge in [0.2, 0.25) is 11.8 Å². The van der Waals surface area contributed by atoms with Gasteiger partial charge in [0.25, 0.3) is 0 Å². The van der Waals surface area contributed by atoms with Gasteiger partial charge in [-0.25, -0.2) is 4.98 Å². The van der Waals surface area contributed by atoms with Crippen molar-refractivity contribution >= 4 is 56.9 Å². The van der Waals surface area contributed by atoms with E-state index < -0.39 is 0 Å². The number of hydrogen-bond acceptors (Lipinski definition) is 5. The number of hydrogen-bond donors (Lipinski definition) is 1. The molecule has 0 bridgehead atoms. The molecule has 0 saturated carbocycles. The first-order chi connectivity index (χ1) is 14.2. The molecule has 0 atom stereocenters. The quantitative estimate of drug-likeness (QED) is 0.463. The van der Waals surface area contributed by atoms with Gasteiger partial charge >= 0.3 is 0 Å². The summed E-state index contributed by atoms with van der Waals surface area (Å²) >= 11 is 3.03. The van der Waals surface area contributed by atoms with Crippen molar-refractivity contribution in [2.24, 2.45) is 0 Å². The maximum Gasteiger partial charge on any atom is 0.248 e. The van der Waals surface area contributed by atoms with Gasteiger partial charge in [-0.2, -0.15) is 0 Å². The number of amides is 2. The van der Waals surface area contributed by atoms with Gasteiger partial charge in [-0.1, -0.05) is 42.1 Å². The Kier molecular flexibility index (Phi) is 6.27. The van der Waals surface area contributed by atoms with Crippen molar-refractivity contribution in [2.45, 2.75) is 17.2 Å². The molecule has 5 nitrogen and oxygen atoms in total. The van der Waals surface area contributed by atoms with E-state index >= 15 is 0 Å². The van der Waals surface area contributed by atoms with Crippen molar-refractivity contribution in [1.29, 1.82) is 0 Å². The summed E-state index contributed by atoms with van der Waals surface area (Å²) in [5.41, 5.74) is 2.59. The van der Waals surface area contributed by atoms with Crippen molar-refractivity contribution in [1.82, 2.24) is 9.88 Å². The predicted octanol–water partition coefficient (Wildman–Crippen LogP) is 4.66. The number of aromatic nitrogens is 1. The SMILES string of the molecule is O=C(/C=C/c1ccccc1)Nc1ccc2nc(SCC(=O)N3CCCC3)sc2c1. The Morgan fingerprint density at radius 1 is 1.14 bits per heavy atom. The molecule has 4 rings (SSSR count). The Labute approximate surface area is 177 Å². The summed E-state index contributed by atoms with van der Waals surface area (Å²) in [6.45, 7) is 1.75. The van der Waals surface area contributed by atoms with Crippen LogP contribution in [-0.4, -0.2) is 40.5 Å². The monoisotopic (exact) mass is 423 g/mol. The van der Waals surface area contributed by atoms with Crippen molar-refractivity contribution in [3.8, 4) is 0 Å². The molecular weight excluding hydrogens is 402 g/mol. The number of thioether (sulfide) groups is 1. The third-order valence-corrected chi connectivity index (χ3v) is 6.79. The lowest BCUT2D eigenvalue weighted by Gasteiger charge is -2.13. The van der Waals surface area contributed by atoms with E-state index in [1.807, 2.05) is 53.4 Å². The molecule has 1 N–H and O–H groups in total. The number of anilines is 1. The second kappa shape index (κ2) is 9.24. The molecule has 1 aliphatic heterocycles. The van der Waals surface area contributed by atoms with Crippen LogP contribution in [0.5, 0.6) is 0 Å². The van der Waals surface area contributed by atoms with Crippen LogP contribution in [0.15, 0.2) is 58.9 Å². The molecular formula is C22H21N3O2S2. The van der Waals surface area contributed by atoms with E-state index in [1.54, 1.807) is 17.4 Å². The van der Waals surface area contributed by atoms with Crippen LogP contribution in [0.4, 0.5) is 5.69 Å². The minimum atomic E-state index is -0.177. The van der Waals surface area contributed by atoms with Crippen LogP contribution in [0.1, 0.15) is 18.4 Å². The molecule has 0 aliphatic carbocycles. The number of carbonyl (C=O) groups is 2. The molecule has 2 aromatic carbocycles. The van der Waals surface area contributed by atoms with Crippen LogP contribution in [0.3, 0.4) is 0 Å². The first-order valence-corrected chi connectivity index (χ1v) is 11.3. The number of fused-ring (bicyclic) bond motifs is 1. The highest BCUT2D eigenvalue weighted by Gasteiger charge is 2.18. The average Bonchev–Trinajstić information content (AvgIpc) is 3.41. The minimum Gasteiger partial charge on any atom is -0.342 e. The highest BCUT2D eigenvalue weighted by Crippen LogP contribution is 2.31. The fourth-order valence-corrected chi connectivity index (χ4v) is 5.15. The summed E-state index contributed by atoms with van der Waals surface area (Å²) < 4.78 is 1.87.